The number of phenolic OH excluding ortho intramolecular Hbond substituents is 1. The maximum atomic E-state index is 11.4. The van der Waals surface area contributed by atoms with Crippen LogP contribution in [0.1, 0.15) is 11.6 Å². The first-order valence-electron chi connectivity index (χ1n) is 4.52. The molecule has 18 heavy (non-hydrogen) atoms. The average Bonchev–Trinajstić information content (AvgIpc) is 2.34. The lowest BCUT2D eigenvalue weighted by Gasteiger charge is -2.15. The van der Waals surface area contributed by atoms with E-state index in [-0.39, 0.29) is 23.9 Å². The van der Waals surface area contributed by atoms with Crippen molar-refractivity contribution in [2.75, 3.05) is 14.2 Å². The Morgan fingerprint density at radius 3 is 2.39 bits per heavy atom. The van der Waals surface area contributed by atoms with Crippen LogP contribution in [0.5, 0.6) is 11.5 Å². The molecule has 0 aliphatic carbocycles. The van der Waals surface area contributed by atoms with Crippen LogP contribution in [0.15, 0.2) is 15.0 Å². The fourth-order valence-electron chi connectivity index (χ4n) is 1.25. The smallest absolute Gasteiger partial charge is 0.327 e. The quantitative estimate of drug-likeness (QED) is 0.756. The highest BCUT2D eigenvalue weighted by atomic mass is 79.9. The molecule has 0 aromatic heterocycles. The van der Waals surface area contributed by atoms with Crippen molar-refractivity contribution in [2.24, 2.45) is 5.73 Å². The van der Waals surface area contributed by atoms with Gasteiger partial charge in [-0.15, -0.1) is 12.4 Å². The van der Waals surface area contributed by atoms with Gasteiger partial charge in [0, 0.05) is 4.47 Å². The number of nitrogens with two attached hydrogens (primary N) is 1. The number of aromatic hydroxyl groups is 1. The monoisotopic (exact) mass is 403 g/mol. The van der Waals surface area contributed by atoms with Gasteiger partial charge in [-0.1, -0.05) is 0 Å². The topological polar surface area (TPSA) is 81.8 Å². The van der Waals surface area contributed by atoms with Crippen LogP contribution in [0.25, 0.3) is 0 Å². The molecule has 0 saturated heterocycles. The predicted octanol–water partition coefficient (Wildman–Crippen LogP) is 2.52. The van der Waals surface area contributed by atoms with Gasteiger partial charge in [0.2, 0.25) is 0 Å². The molecule has 0 aliphatic heterocycles. The molecule has 0 bridgehead atoms. The van der Waals surface area contributed by atoms with Gasteiger partial charge >= 0.3 is 5.97 Å². The largest absolute Gasteiger partial charge is 0.503 e. The highest BCUT2D eigenvalue weighted by Crippen LogP contribution is 2.43. The van der Waals surface area contributed by atoms with E-state index in [1.807, 2.05) is 0 Å². The summed E-state index contributed by atoms with van der Waals surface area (Å²) < 4.78 is 10.4. The van der Waals surface area contributed by atoms with Gasteiger partial charge in [0.05, 0.1) is 18.7 Å². The van der Waals surface area contributed by atoms with Crippen LogP contribution >= 0.6 is 44.3 Å². The molecule has 3 N–H and O–H groups in total. The summed E-state index contributed by atoms with van der Waals surface area (Å²) in [5.41, 5.74) is 6.19. The Morgan fingerprint density at radius 2 is 1.94 bits per heavy atom. The van der Waals surface area contributed by atoms with Crippen molar-refractivity contribution in [1.29, 1.82) is 0 Å². The van der Waals surface area contributed by atoms with Crippen molar-refractivity contribution in [2.45, 2.75) is 6.04 Å². The standard InChI is InChI=1S/C10H11Br2NO4.ClH/c1-16-5-3-4(8(13)10(15)17-2)6(11)7(12)9(5)14;/h3,8,14H,13H2,1-2H3;1H/t8-;/m0./s1. The third kappa shape index (κ3) is 3.28. The number of carbonyl (C=O) groups is 1. The second kappa shape index (κ2) is 7.18. The van der Waals surface area contributed by atoms with E-state index in [0.29, 0.717) is 14.5 Å². The number of esters is 1. The van der Waals surface area contributed by atoms with Gasteiger partial charge in [0.1, 0.15) is 6.04 Å². The molecule has 0 unspecified atom stereocenters. The van der Waals surface area contributed by atoms with Gasteiger partial charge in [0.25, 0.3) is 0 Å². The number of hydrogen-bond acceptors (Lipinski definition) is 5. The van der Waals surface area contributed by atoms with Crippen molar-refractivity contribution in [3.8, 4) is 11.5 Å². The molecule has 1 aromatic carbocycles. The van der Waals surface area contributed by atoms with Crippen molar-refractivity contribution in [1.82, 2.24) is 0 Å². The summed E-state index contributed by atoms with van der Waals surface area (Å²) in [7, 11) is 2.66. The molecular weight excluding hydrogens is 393 g/mol. The maximum Gasteiger partial charge on any atom is 0.327 e. The Kier molecular flexibility index (Phi) is 6.98. The lowest BCUT2D eigenvalue weighted by molar-refractivity contribution is -0.142. The fraction of sp³-hybridized carbons (Fsp3) is 0.300. The van der Waals surface area contributed by atoms with E-state index in [1.54, 1.807) is 0 Å². The molecule has 1 rings (SSSR count). The zero-order chi connectivity index (χ0) is 13.2. The van der Waals surface area contributed by atoms with Crippen LogP contribution in [0.2, 0.25) is 0 Å². The van der Waals surface area contributed by atoms with Gasteiger partial charge < -0.3 is 20.3 Å². The molecule has 5 nitrogen and oxygen atoms in total. The van der Waals surface area contributed by atoms with E-state index in [2.05, 4.69) is 36.6 Å². The van der Waals surface area contributed by atoms with Crippen LogP contribution in [0.4, 0.5) is 0 Å². The first-order valence-corrected chi connectivity index (χ1v) is 6.10. The van der Waals surface area contributed by atoms with Crippen LogP contribution < -0.4 is 10.5 Å². The molecule has 0 saturated carbocycles. The van der Waals surface area contributed by atoms with Gasteiger partial charge in [-0.05, 0) is 43.5 Å². The molecule has 1 atom stereocenters. The minimum atomic E-state index is -0.958. The van der Waals surface area contributed by atoms with E-state index in [1.165, 1.54) is 20.3 Å². The van der Waals surface area contributed by atoms with E-state index in [4.69, 9.17) is 10.5 Å². The summed E-state index contributed by atoms with van der Waals surface area (Å²) in [6.07, 6.45) is 0. The number of methoxy groups -OCH3 is 2. The predicted molar refractivity (Wildman–Crippen MR) is 76.3 cm³/mol. The molecule has 0 amide bonds. The Hall–Kier alpha value is -0.500. The van der Waals surface area contributed by atoms with Crippen molar-refractivity contribution in [3.63, 3.8) is 0 Å². The normalized spacial score (nSPS) is 11.4. The lowest BCUT2D eigenvalue weighted by atomic mass is 10.1. The molecule has 0 aliphatic rings. The van der Waals surface area contributed by atoms with Crippen molar-refractivity contribution in [3.05, 3.63) is 20.6 Å². The first-order chi connectivity index (χ1) is 7.93. The Balaban J connectivity index is 0.00000289. The number of ether oxygens (including phenoxy) is 2. The second-order valence-electron chi connectivity index (χ2n) is 3.15. The number of phenols is 1. The summed E-state index contributed by atoms with van der Waals surface area (Å²) in [5, 5.41) is 9.72. The van der Waals surface area contributed by atoms with Crippen LogP contribution in [-0.4, -0.2) is 25.3 Å². The maximum absolute atomic E-state index is 11.4. The second-order valence-corrected chi connectivity index (χ2v) is 4.73. The molecule has 102 valence electrons. The molecular formula is C10H12Br2ClNO4. The Morgan fingerprint density at radius 1 is 1.39 bits per heavy atom. The van der Waals surface area contributed by atoms with Crippen molar-refractivity contribution < 1.29 is 19.4 Å². The summed E-state index contributed by atoms with van der Waals surface area (Å²) in [4.78, 5) is 11.4. The summed E-state index contributed by atoms with van der Waals surface area (Å²) >= 11 is 6.42. The van der Waals surface area contributed by atoms with Crippen LogP contribution in [0.3, 0.4) is 0 Å². The molecule has 0 heterocycles. The van der Waals surface area contributed by atoms with Crippen molar-refractivity contribution >= 4 is 50.2 Å². The summed E-state index contributed by atoms with van der Waals surface area (Å²) in [5.74, 6) is -0.431. The van der Waals surface area contributed by atoms with E-state index in [0.717, 1.165) is 0 Å². The molecule has 0 spiro atoms. The highest BCUT2D eigenvalue weighted by Gasteiger charge is 2.24. The third-order valence-electron chi connectivity index (χ3n) is 2.18. The van der Waals surface area contributed by atoms with Gasteiger partial charge in [-0.3, -0.25) is 4.79 Å². The molecule has 1 aromatic rings. The van der Waals surface area contributed by atoms with E-state index < -0.39 is 12.0 Å². The molecule has 0 fully saturated rings. The minimum Gasteiger partial charge on any atom is -0.503 e. The Bertz CT molecular complexity index is 456. The number of hydrogen-bond donors (Lipinski definition) is 2. The van der Waals surface area contributed by atoms with E-state index >= 15 is 0 Å². The van der Waals surface area contributed by atoms with Crippen LogP contribution in [0, 0.1) is 0 Å². The van der Waals surface area contributed by atoms with E-state index in [9.17, 15) is 9.90 Å². The first kappa shape index (κ1) is 17.5. The number of benzene rings is 1. The van der Waals surface area contributed by atoms with Gasteiger partial charge in [-0.2, -0.15) is 0 Å². The summed E-state index contributed by atoms with van der Waals surface area (Å²) in [6.45, 7) is 0. The lowest BCUT2D eigenvalue weighted by Crippen LogP contribution is -2.23. The summed E-state index contributed by atoms with van der Waals surface area (Å²) in [6, 6.07) is 0.520. The Labute approximate surface area is 127 Å². The van der Waals surface area contributed by atoms with Gasteiger partial charge in [0.15, 0.2) is 11.5 Å². The number of halogens is 3. The minimum absolute atomic E-state index is 0. The third-order valence-corrected chi connectivity index (χ3v) is 4.34. The SMILES string of the molecule is COC(=O)[C@@H](N)c1cc(OC)c(O)c(Br)c1Br.Cl. The zero-order valence-corrected chi connectivity index (χ0v) is 13.6. The zero-order valence-electron chi connectivity index (χ0n) is 9.57. The number of carbonyl (C=O) groups excluding carboxylic acids is 1. The highest BCUT2D eigenvalue weighted by molar-refractivity contribution is 9.13. The number of rotatable bonds is 3. The fourth-order valence-corrected chi connectivity index (χ4v) is 2.22. The molecule has 8 heteroatoms. The van der Waals surface area contributed by atoms with Crippen LogP contribution in [-0.2, 0) is 9.53 Å². The average molecular weight is 405 g/mol. The molecule has 0 radical (unpaired) electrons. The van der Waals surface area contributed by atoms with Gasteiger partial charge in [-0.25, -0.2) is 0 Å².